The SMILES string of the molecule is Cc1ccc(S(=O)(=O)c2ccc(S(=O)(=O)c3ccccc3)cc2NCC(O)CCl)cc1. The van der Waals surface area contributed by atoms with Gasteiger partial charge in [-0.2, -0.15) is 0 Å². The van der Waals surface area contributed by atoms with Gasteiger partial charge in [-0.25, -0.2) is 16.8 Å². The molecule has 0 saturated heterocycles. The Bertz CT molecular complexity index is 1260. The molecule has 0 aliphatic rings. The number of aliphatic hydroxyl groups is 1. The molecular formula is C22H22ClNO5S2. The van der Waals surface area contributed by atoms with E-state index in [1.54, 1.807) is 30.3 Å². The molecule has 9 heteroatoms. The minimum atomic E-state index is -3.94. The van der Waals surface area contributed by atoms with Gasteiger partial charge in [0.2, 0.25) is 19.7 Å². The number of nitrogens with one attached hydrogen (secondary N) is 1. The Morgan fingerprint density at radius 3 is 2.03 bits per heavy atom. The molecule has 0 bridgehead atoms. The number of aliphatic hydroxyl groups excluding tert-OH is 1. The molecule has 2 N–H and O–H groups in total. The molecule has 3 aromatic carbocycles. The Labute approximate surface area is 187 Å². The second-order valence-electron chi connectivity index (χ2n) is 6.98. The van der Waals surface area contributed by atoms with Crippen LogP contribution in [-0.4, -0.2) is 40.5 Å². The van der Waals surface area contributed by atoms with E-state index in [0.717, 1.165) is 5.56 Å². The summed E-state index contributed by atoms with van der Waals surface area (Å²) in [5, 5.41) is 12.6. The molecule has 3 aromatic rings. The van der Waals surface area contributed by atoms with E-state index in [-0.39, 0.29) is 37.7 Å². The van der Waals surface area contributed by atoms with Crippen molar-refractivity contribution in [2.75, 3.05) is 17.7 Å². The number of hydrogen-bond donors (Lipinski definition) is 2. The number of rotatable bonds is 8. The van der Waals surface area contributed by atoms with E-state index < -0.39 is 25.8 Å². The lowest BCUT2D eigenvalue weighted by Crippen LogP contribution is -2.22. The summed E-state index contributed by atoms with van der Waals surface area (Å²) in [6.45, 7) is 1.80. The summed E-state index contributed by atoms with van der Waals surface area (Å²) in [4.78, 5) is 0.0168. The van der Waals surface area contributed by atoms with Gasteiger partial charge in [0.15, 0.2) is 0 Å². The smallest absolute Gasteiger partial charge is 0.208 e. The van der Waals surface area contributed by atoms with E-state index in [0.29, 0.717) is 0 Å². The van der Waals surface area contributed by atoms with Gasteiger partial charge in [-0.15, -0.1) is 11.6 Å². The molecule has 0 radical (unpaired) electrons. The Hall–Kier alpha value is -2.39. The maximum Gasteiger partial charge on any atom is 0.208 e. The summed E-state index contributed by atoms with van der Waals surface area (Å²) >= 11 is 5.64. The predicted octanol–water partition coefficient (Wildman–Crippen LogP) is 3.67. The van der Waals surface area contributed by atoms with Crippen molar-refractivity contribution in [1.29, 1.82) is 0 Å². The van der Waals surface area contributed by atoms with Crippen molar-refractivity contribution >= 4 is 37.0 Å². The van der Waals surface area contributed by atoms with E-state index in [2.05, 4.69) is 5.32 Å². The molecule has 0 aliphatic carbocycles. The number of aryl methyl sites for hydroxylation is 1. The first-order chi connectivity index (χ1) is 14.7. The lowest BCUT2D eigenvalue weighted by Gasteiger charge is -2.16. The van der Waals surface area contributed by atoms with E-state index in [1.807, 2.05) is 6.92 Å². The van der Waals surface area contributed by atoms with Crippen LogP contribution in [0.2, 0.25) is 0 Å². The number of anilines is 1. The van der Waals surface area contributed by atoms with Gasteiger partial charge in [0.05, 0.1) is 37.3 Å². The van der Waals surface area contributed by atoms with E-state index in [1.165, 1.54) is 42.5 Å². The van der Waals surface area contributed by atoms with Gasteiger partial charge >= 0.3 is 0 Å². The minimum Gasteiger partial charge on any atom is -0.390 e. The maximum absolute atomic E-state index is 13.2. The molecule has 31 heavy (non-hydrogen) atoms. The molecule has 3 rings (SSSR count). The Balaban J connectivity index is 2.12. The Morgan fingerprint density at radius 1 is 0.839 bits per heavy atom. The average Bonchev–Trinajstić information content (AvgIpc) is 2.78. The third kappa shape index (κ3) is 5.10. The van der Waals surface area contributed by atoms with Crippen molar-refractivity contribution in [3.8, 4) is 0 Å². The lowest BCUT2D eigenvalue weighted by atomic mass is 10.2. The number of halogens is 1. The first-order valence-corrected chi connectivity index (χ1v) is 12.9. The fourth-order valence-corrected chi connectivity index (χ4v) is 5.74. The standard InChI is InChI=1S/C22H22ClNO5S2/c1-16-7-9-19(10-8-16)31(28,29)22-12-11-20(13-21(22)24-15-17(25)14-23)30(26,27)18-5-3-2-4-6-18/h2-13,17,24-25H,14-15H2,1H3. The minimum absolute atomic E-state index is 0.0469. The van der Waals surface area contributed by atoms with Crippen molar-refractivity contribution in [1.82, 2.24) is 0 Å². The van der Waals surface area contributed by atoms with Gasteiger partial charge in [-0.1, -0.05) is 35.9 Å². The molecule has 0 amide bonds. The van der Waals surface area contributed by atoms with Gasteiger partial charge < -0.3 is 10.4 Å². The van der Waals surface area contributed by atoms with Gasteiger partial charge in [-0.3, -0.25) is 0 Å². The average molecular weight is 480 g/mol. The van der Waals surface area contributed by atoms with E-state index in [4.69, 9.17) is 11.6 Å². The van der Waals surface area contributed by atoms with Crippen LogP contribution in [-0.2, 0) is 19.7 Å². The fourth-order valence-electron chi connectivity index (χ4n) is 2.91. The van der Waals surface area contributed by atoms with Crippen molar-refractivity contribution < 1.29 is 21.9 Å². The molecule has 1 unspecified atom stereocenters. The normalized spacial score (nSPS) is 13.0. The van der Waals surface area contributed by atoms with E-state index in [9.17, 15) is 21.9 Å². The summed E-state index contributed by atoms with van der Waals surface area (Å²) < 4.78 is 52.5. The summed E-state index contributed by atoms with van der Waals surface area (Å²) in [6, 6.07) is 18.0. The van der Waals surface area contributed by atoms with Crippen LogP contribution in [0, 0.1) is 6.92 Å². The van der Waals surface area contributed by atoms with Crippen molar-refractivity contribution in [3.63, 3.8) is 0 Å². The van der Waals surface area contributed by atoms with Gasteiger partial charge in [0, 0.05) is 6.54 Å². The van der Waals surface area contributed by atoms with Crippen LogP contribution in [0.25, 0.3) is 0 Å². The summed E-state index contributed by atoms with van der Waals surface area (Å²) in [6.07, 6.45) is -0.939. The zero-order chi connectivity index (χ0) is 22.6. The molecule has 0 aromatic heterocycles. The number of benzene rings is 3. The number of alkyl halides is 1. The predicted molar refractivity (Wildman–Crippen MR) is 120 cm³/mol. The molecule has 6 nitrogen and oxygen atoms in total. The fraction of sp³-hybridized carbons (Fsp3) is 0.182. The van der Waals surface area contributed by atoms with E-state index >= 15 is 0 Å². The monoisotopic (exact) mass is 479 g/mol. The Kier molecular flexibility index (Phi) is 7.06. The van der Waals surface area contributed by atoms with Crippen molar-refractivity contribution in [3.05, 3.63) is 78.4 Å². The third-order valence-electron chi connectivity index (χ3n) is 4.64. The number of sulfone groups is 2. The lowest BCUT2D eigenvalue weighted by molar-refractivity contribution is 0.211. The molecular weight excluding hydrogens is 458 g/mol. The zero-order valence-corrected chi connectivity index (χ0v) is 19.1. The van der Waals surface area contributed by atoms with Gasteiger partial charge in [0.1, 0.15) is 0 Å². The van der Waals surface area contributed by atoms with Crippen LogP contribution in [0.15, 0.2) is 92.4 Å². The highest BCUT2D eigenvalue weighted by Gasteiger charge is 2.25. The summed E-state index contributed by atoms with van der Waals surface area (Å²) in [5.41, 5.74) is 0.980. The quantitative estimate of drug-likeness (QED) is 0.478. The van der Waals surface area contributed by atoms with Crippen molar-refractivity contribution in [2.45, 2.75) is 32.6 Å². The van der Waals surface area contributed by atoms with Crippen LogP contribution in [0.3, 0.4) is 0 Å². The summed E-state index contributed by atoms with van der Waals surface area (Å²) in [5.74, 6) is -0.0605. The summed E-state index contributed by atoms with van der Waals surface area (Å²) in [7, 11) is -7.80. The van der Waals surface area contributed by atoms with Crippen LogP contribution in [0.5, 0.6) is 0 Å². The van der Waals surface area contributed by atoms with Crippen LogP contribution in [0.1, 0.15) is 5.56 Å². The first-order valence-electron chi connectivity index (χ1n) is 9.40. The highest BCUT2D eigenvalue weighted by Crippen LogP contribution is 2.32. The van der Waals surface area contributed by atoms with Gasteiger partial charge in [0.25, 0.3) is 0 Å². The third-order valence-corrected chi connectivity index (χ3v) is 8.59. The second kappa shape index (κ2) is 9.40. The Morgan fingerprint density at radius 2 is 1.42 bits per heavy atom. The highest BCUT2D eigenvalue weighted by atomic mass is 35.5. The van der Waals surface area contributed by atoms with Crippen LogP contribution >= 0.6 is 11.6 Å². The maximum atomic E-state index is 13.2. The molecule has 0 fully saturated rings. The zero-order valence-electron chi connectivity index (χ0n) is 16.7. The highest BCUT2D eigenvalue weighted by molar-refractivity contribution is 7.92. The molecule has 0 spiro atoms. The molecule has 0 aliphatic heterocycles. The molecule has 0 heterocycles. The second-order valence-corrected chi connectivity index (χ2v) is 11.2. The number of hydrogen-bond acceptors (Lipinski definition) is 6. The van der Waals surface area contributed by atoms with Crippen molar-refractivity contribution in [2.24, 2.45) is 0 Å². The topological polar surface area (TPSA) is 101 Å². The van der Waals surface area contributed by atoms with Crippen LogP contribution in [0.4, 0.5) is 5.69 Å². The first kappa shape index (κ1) is 23.3. The van der Waals surface area contributed by atoms with Gasteiger partial charge in [-0.05, 0) is 49.4 Å². The largest absolute Gasteiger partial charge is 0.390 e. The molecule has 0 saturated carbocycles. The molecule has 164 valence electrons. The van der Waals surface area contributed by atoms with Crippen LogP contribution < -0.4 is 5.32 Å². The molecule has 1 atom stereocenters.